The van der Waals surface area contributed by atoms with Gasteiger partial charge >= 0.3 is 0 Å². The quantitative estimate of drug-likeness (QED) is 0.429. The first kappa shape index (κ1) is 17.9. The maximum Gasteiger partial charge on any atom is 0.271 e. The molecular formula is C22H17N3O2S. The summed E-state index contributed by atoms with van der Waals surface area (Å²) in [6, 6.07) is 23.6. The number of thiazole rings is 1. The molecule has 0 saturated heterocycles. The number of nitrogens with zero attached hydrogens (tertiary/aromatic N) is 2. The second kappa shape index (κ2) is 7.62. The second-order valence-corrected chi connectivity index (χ2v) is 7.25. The molecule has 0 aliphatic carbocycles. The van der Waals surface area contributed by atoms with Crippen LogP contribution in [0.2, 0.25) is 0 Å². The Morgan fingerprint density at radius 2 is 1.43 bits per heavy atom. The van der Waals surface area contributed by atoms with Gasteiger partial charge in [0.05, 0.1) is 10.2 Å². The fraction of sp³-hybridized carbons (Fsp3) is 0.0455. The van der Waals surface area contributed by atoms with E-state index >= 15 is 0 Å². The van der Waals surface area contributed by atoms with Gasteiger partial charge in [-0.3, -0.25) is 9.59 Å². The monoisotopic (exact) mass is 387 g/mol. The number of carbonyl (C=O) groups is 2. The van der Waals surface area contributed by atoms with Crippen molar-refractivity contribution >= 4 is 33.2 Å². The Labute approximate surface area is 165 Å². The number of benzene rings is 3. The molecule has 1 aromatic heterocycles. The fourth-order valence-corrected chi connectivity index (χ4v) is 3.86. The van der Waals surface area contributed by atoms with Crippen LogP contribution in [0.4, 0.5) is 0 Å². The Balaban J connectivity index is 1.52. The SMILES string of the molecule is Cn1c(=NNC(=O)c2ccc(C(=O)c3ccccc3)cc2)sc2ccccc21. The lowest BCUT2D eigenvalue weighted by Crippen LogP contribution is -2.23. The van der Waals surface area contributed by atoms with Crippen LogP contribution in [0.25, 0.3) is 10.2 Å². The van der Waals surface area contributed by atoms with E-state index < -0.39 is 0 Å². The predicted octanol–water partition coefficient (Wildman–Crippen LogP) is 3.72. The molecule has 5 nitrogen and oxygen atoms in total. The van der Waals surface area contributed by atoms with Crippen molar-refractivity contribution in [3.8, 4) is 0 Å². The smallest absolute Gasteiger partial charge is 0.271 e. The summed E-state index contributed by atoms with van der Waals surface area (Å²) in [6.07, 6.45) is 0. The van der Waals surface area contributed by atoms with Crippen LogP contribution in [0.1, 0.15) is 26.3 Å². The van der Waals surface area contributed by atoms with E-state index in [4.69, 9.17) is 0 Å². The molecule has 0 saturated carbocycles. The summed E-state index contributed by atoms with van der Waals surface area (Å²) in [5.74, 6) is -0.397. The van der Waals surface area contributed by atoms with Gasteiger partial charge in [-0.1, -0.05) is 65.9 Å². The number of ketones is 1. The van der Waals surface area contributed by atoms with E-state index in [0.29, 0.717) is 21.5 Å². The van der Waals surface area contributed by atoms with Crippen molar-refractivity contribution in [3.63, 3.8) is 0 Å². The van der Waals surface area contributed by atoms with E-state index in [9.17, 15) is 9.59 Å². The number of hydrogen-bond acceptors (Lipinski definition) is 4. The summed E-state index contributed by atoms with van der Waals surface area (Å²) in [6.45, 7) is 0. The zero-order valence-electron chi connectivity index (χ0n) is 15.1. The Kier molecular flexibility index (Phi) is 4.87. The van der Waals surface area contributed by atoms with Crippen LogP contribution in [0, 0.1) is 0 Å². The molecule has 0 aliphatic rings. The predicted molar refractivity (Wildman–Crippen MR) is 110 cm³/mol. The van der Waals surface area contributed by atoms with E-state index in [0.717, 1.165) is 10.2 Å². The lowest BCUT2D eigenvalue weighted by atomic mass is 10.0. The molecule has 0 radical (unpaired) electrons. The van der Waals surface area contributed by atoms with Crippen molar-refractivity contribution in [1.29, 1.82) is 0 Å². The molecular weight excluding hydrogens is 370 g/mol. The van der Waals surface area contributed by atoms with Crippen LogP contribution in [0.3, 0.4) is 0 Å². The molecule has 3 aromatic carbocycles. The van der Waals surface area contributed by atoms with Gasteiger partial charge in [-0.05, 0) is 24.3 Å². The molecule has 138 valence electrons. The van der Waals surface area contributed by atoms with E-state index in [1.165, 1.54) is 11.3 Å². The molecule has 1 amide bonds. The molecule has 1 heterocycles. The minimum absolute atomic E-state index is 0.0745. The molecule has 28 heavy (non-hydrogen) atoms. The zero-order valence-corrected chi connectivity index (χ0v) is 15.9. The number of nitrogens with one attached hydrogen (secondary N) is 1. The van der Waals surface area contributed by atoms with Gasteiger partial charge in [0.25, 0.3) is 5.91 Å². The van der Waals surface area contributed by atoms with Crippen LogP contribution in [-0.2, 0) is 7.05 Å². The first-order valence-corrected chi connectivity index (χ1v) is 9.53. The number of amides is 1. The van der Waals surface area contributed by atoms with Gasteiger partial charge in [0.2, 0.25) is 4.80 Å². The molecule has 1 N–H and O–H groups in total. The minimum atomic E-state index is -0.323. The van der Waals surface area contributed by atoms with Gasteiger partial charge in [0.15, 0.2) is 5.78 Å². The molecule has 0 fully saturated rings. The summed E-state index contributed by atoms with van der Waals surface area (Å²) in [4.78, 5) is 25.5. The number of para-hydroxylation sites is 1. The third-order valence-electron chi connectivity index (χ3n) is 4.41. The highest BCUT2D eigenvalue weighted by Crippen LogP contribution is 2.15. The van der Waals surface area contributed by atoms with Crippen molar-refractivity contribution in [2.24, 2.45) is 12.1 Å². The molecule has 0 atom stereocenters. The normalized spacial score (nSPS) is 11.5. The van der Waals surface area contributed by atoms with Crippen LogP contribution >= 0.6 is 11.3 Å². The summed E-state index contributed by atoms with van der Waals surface area (Å²) >= 11 is 1.50. The van der Waals surface area contributed by atoms with E-state index in [2.05, 4.69) is 10.5 Å². The van der Waals surface area contributed by atoms with Gasteiger partial charge in [-0.2, -0.15) is 0 Å². The molecule has 0 spiro atoms. The highest BCUT2D eigenvalue weighted by Gasteiger charge is 2.10. The molecule has 0 unspecified atom stereocenters. The van der Waals surface area contributed by atoms with Gasteiger partial charge in [0, 0.05) is 23.7 Å². The van der Waals surface area contributed by atoms with Crippen LogP contribution in [-0.4, -0.2) is 16.3 Å². The summed E-state index contributed by atoms with van der Waals surface area (Å²) in [5, 5.41) is 4.24. The fourth-order valence-electron chi connectivity index (χ4n) is 2.88. The summed E-state index contributed by atoms with van der Waals surface area (Å²) < 4.78 is 3.03. The maximum atomic E-state index is 12.4. The molecule has 0 bridgehead atoms. The number of aryl methyl sites for hydroxylation is 1. The van der Waals surface area contributed by atoms with Crippen molar-refractivity contribution in [2.45, 2.75) is 0 Å². The zero-order chi connectivity index (χ0) is 19.5. The van der Waals surface area contributed by atoms with E-state index in [1.807, 2.05) is 54.1 Å². The van der Waals surface area contributed by atoms with Gasteiger partial charge < -0.3 is 4.57 Å². The van der Waals surface area contributed by atoms with Crippen LogP contribution in [0.15, 0.2) is 84.0 Å². The van der Waals surface area contributed by atoms with Gasteiger partial charge in [-0.15, -0.1) is 5.10 Å². The van der Waals surface area contributed by atoms with Crippen molar-refractivity contribution in [3.05, 3.63) is 100 Å². The number of fused-ring (bicyclic) bond motifs is 1. The summed E-state index contributed by atoms with van der Waals surface area (Å²) in [5.41, 5.74) is 5.24. The summed E-state index contributed by atoms with van der Waals surface area (Å²) in [7, 11) is 1.91. The highest BCUT2D eigenvalue weighted by atomic mass is 32.1. The number of aromatic nitrogens is 1. The Morgan fingerprint density at radius 1 is 0.821 bits per heavy atom. The van der Waals surface area contributed by atoms with E-state index in [1.54, 1.807) is 36.4 Å². The average molecular weight is 387 g/mol. The highest BCUT2D eigenvalue weighted by molar-refractivity contribution is 7.16. The minimum Gasteiger partial charge on any atom is -0.318 e. The first-order chi connectivity index (χ1) is 13.6. The second-order valence-electron chi connectivity index (χ2n) is 6.24. The molecule has 6 heteroatoms. The van der Waals surface area contributed by atoms with Crippen molar-refractivity contribution in [1.82, 2.24) is 9.99 Å². The lowest BCUT2D eigenvalue weighted by molar-refractivity contribution is 0.0951. The molecule has 4 aromatic rings. The van der Waals surface area contributed by atoms with Gasteiger partial charge in [0.1, 0.15) is 0 Å². The Hall–Kier alpha value is -3.51. The van der Waals surface area contributed by atoms with Crippen LogP contribution < -0.4 is 10.2 Å². The number of hydrogen-bond donors (Lipinski definition) is 1. The maximum absolute atomic E-state index is 12.4. The lowest BCUT2D eigenvalue weighted by Gasteiger charge is -2.03. The van der Waals surface area contributed by atoms with Gasteiger partial charge in [-0.25, -0.2) is 5.43 Å². The largest absolute Gasteiger partial charge is 0.318 e. The number of carbonyl (C=O) groups excluding carboxylic acids is 2. The molecule has 0 aliphatic heterocycles. The Bertz CT molecular complexity index is 1220. The average Bonchev–Trinajstić information content (AvgIpc) is 3.08. The van der Waals surface area contributed by atoms with E-state index in [-0.39, 0.29) is 11.7 Å². The number of rotatable bonds is 4. The first-order valence-electron chi connectivity index (χ1n) is 8.72. The Morgan fingerprint density at radius 3 is 2.14 bits per heavy atom. The standard InChI is InChI=1S/C22H17N3O2S/c1-25-18-9-5-6-10-19(18)28-22(25)24-23-21(27)17-13-11-16(12-14-17)20(26)15-7-3-2-4-8-15/h2-14H,1H3,(H,23,27). The topological polar surface area (TPSA) is 63.5 Å². The third-order valence-corrected chi connectivity index (χ3v) is 5.53. The third kappa shape index (κ3) is 3.50. The van der Waals surface area contributed by atoms with Crippen molar-refractivity contribution in [2.75, 3.05) is 0 Å². The van der Waals surface area contributed by atoms with Crippen molar-refractivity contribution < 1.29 is 9.59 Å². The molecule has 4 rings (SSSR count). The van der Waals surface area contributed by atoms with Crippen LogP contribution in [0.5, 0.6) is 0 Å².